The molecule has 0 spiro atoms. The lowest BCUT2D eigenvalue weighted by Gasteiger charge is -2.26. The van der Waals surface area contributed by atoms with Gasteiger partial charge in [0.1, 0.15) is 5.56 Å². The molecule has 2 aromatic carbocycles. The smallest absolute Gasteiger partial charge is 0.259 e. The molecule has 1 fully saturated rings. The van der Waals surface area contributed by atoms with Gasteiger partial charge in [0.25, 0.3) is 5.91 Å². The number of carbonyl (C=O) groups is 1. The molecular formula is C26H30ClN3O5. The Hall–Kier alpha value is -2.75. The summed E-state index contributed by atoms with van der Waals surface area (Å²) >= 11 is 6.00. The summed E-state index contributed by atoms with van der Waals surface area (Å²) in [5.41, 5.74) is 2.37. The van der Waals surface area contributed by atoms with Crippen LogP contribution in [0.5, 0.6) is 0 Å². The topological polar surface area (TPSA) is 95.1 Å². The van der Waals surface area contributed by atoms with Crippen LogP contribution in [0.3, 0.4) is 0 Å². The third kappa shape index (κ3) is 6.68. The highest BCUT2D eigenvalue weighted by Gasteiger charge is 2.21. The number of hydrogen-bond donors (Lipinski definition) is 2. The summed E-state index contributed by atoms with van der Waals surface area (Å²) in [5.74, 6) is -0.380. The van der Waals surface area contributed by atoms with Crippen molar-refractivity contribution in [3.63, 3.8) is 0 Å². The number of aromatic nitrogens is 1. The lowest BCUT2D eigenvalue weighted by atomic mass is 10.1. The highest BCUT2D eigenvalue weighted by Crippen LogP contribution is 2.16. The van der Waals surface area contributed by atoms with Crippen molar-refractivity contribution in [1.29, 1.82) is 0 Å². The molecule has 186 valence electrons. The Bertz CT molecular complexity index is 1190. The molecule has 2 heterocycles. The number of rotatable bonds is 10. The SMILES string of the molecule is O=C(c1c[nH]c2ccc(CN3CCOCC3)cc2c1=O)N(CCOCCO)Cc1ccc(Cl)cc1. The molecule has 1 saturated heterocycles. The summed E-state index contributed by atoms with van der Waals surface area (Å²) in [4.78, 5) is 33.9. The second kappa shape index (κ2) is 12.3. The van der Waals surface area contributed by atoms with Gasteiger partial charge in [-0.3, -0.25) is 14.5 Å². The molecular weight excluding hydrogens is 470 g/mol. The first-order valence-corrected chi connectivity index (χ1v) is 12.1. The van der Waals surface area contributed by atoms with Gasteiger partial charge in [-0.25, -0.2) is 0 Å². The standard InChI is InChI=1S/C26H30ClN3O5/c27-21-4-1-19(2-5-21)18-30(9-13-35-14-10-31)26(33)23-16-28-24-6-3-20(15-22(24)25(23)32)17-29-7-11-34-12-8-29/h1-6,15-16,31H,7-14,17-18H2,(H,28,32). The van der Waals surface area contributed by atoms with Gasteiger partial charge in [0.05, 0.1) is 33.0 Å². The molecule has 0 aliphatic carbocycles. The number of aliphatic hydroxyl groups is 1. The molecule has 1 amide bonds. The maximum Gasteiger partial charge on any atom is 0.259 e. The van der Waals surface area contributed by atoms with Gasteiger partial charge >= 0.3 is 0 Å². The van der Waals surface area contributed by atoms with E-state index in [4.69, 9.17) is 26.2 Å². The maximum absolute atomic E-state index is 13.5. The van der Waals surface area contributed by atoms with Crippen LogP contribution < -0.4 is 5.43 Å². The number of nitrogens with one attached hydrogen (secondary N) is 1. The van der Waals surface area contributed by atoms with Crippen molar-refractivity contribution in [2.45, 2.75) is 13.1 Å². The van der Waals surface area contributed by atoms with Crippen LogP contribution in [0.4, 0.5) is 0 Å². The van der Waals surface area contributed by atoms with E-state index < -0.39 is 0 Å². The number of nitrogens with zero attached hydrogens (tertiary/aromatic N) is 2. The highest BCUT2D eigenvalue weighted by atomic mass is 35.5. The first-order chi connectivity index (χ1) is 17.0. The average molecular weight is 500 g/mol. The number of carbonyl (C=O) groups excluding carboxylic acids is 1. The fourth-order valence-electron chi connectivity index (χ4n) is 4.11. The highest BCUT2D eigenvalue weighted by molar-refractivity contribution is 6.30. The van der Waals surface area contributed by atoms with E-state index in [1.54, 1.807) is 17.0 Å². The molecule has 2 N–H and O–H groups in total. The van der Waals surface area contributed by atoms with Gasteiger partial charge in [-0.2, -0.15) is 0 Å². The third-order valence-corrected chi connectivity index (χ3v) is 6.25. The summed E-state index contributed by atoms with van der Waals surface area (Å²) in [6, 6.07) is 13.0. The Balaban J connectivity index is 1.58. The van der Waals surface area contributed by atoms with Gasteiger partial charge in [-0.1, -0.05) is 29.8 Å². The van der Waals surface area contributed by atoms with Gasteiger partial charge in [-0.15, -0.1) is 0 Å². The average Bonchev–Trinajstić information content (AvgIpc) is 2.88. The monoisotopic (exact) mass is 499 g/mol. The van der Waals surface area contributed by atoms with E-state index in [-0.39, 0.29) is 43.3 Å². The third-order valence-electron chi connectivity index (χ3n) is 6.00. The number of H-pyrrole nitrogens is 1. The van der Waals surface area contributed by atoms with Gasteiger partial charge in [0.2, 0.25) is 5.43 Å². The number of amides is 1. The molecule has 8 nitrogen and oxygen atoms in total. The summed E-state index contributed by atoms with van der Waals surface area (Å²) in [7, 11) is 0. The molecule has 0 saturated carbocycles. The number of aromatic amines is 1. The Morgan fingerprint density at radius 2 is 1.86 bits per heavy atom. The number of aliphatic hydroxyl groups excluding tert-OH is 1. The molecule has 1 aliphatic rings. The molecule has 35 heavy (non-hydrogen) atoms. The normalized spacial score (nSPS) is 14.3. The number of pyridine rings is 1. The van der Waals surface area contributed by atoms with Crippen molar-refractivity contribution in [2.75, 3.05) is 52.7 Å². The quantitative estimate of drug-likeness (QED) is 0.416. The molecule has 0 radical (unpaired) electrons. The summed E-state index contributed by atoms with van der Waals surface area (Å²) in [6.07, 6.45) is 1.48. The van der Waals surface area contributed by atoms with Crippen LogP contribution in [0, 0.1) is 0 Å². The van der Waals surface area contributed by atoms with Crippen LogP contribution in [0.25, 0.3) is 10.9 Å². The number of fused-ring (bicyclic) bond motifs is 1. The second-order valence-corrected chi connectivity index (χ2v) is 8.93. The van der Waals surface area contributed by atoms with Gasteiger partial charge in [0, 0.05) is 54.8 Å². The van der Waals surface area contributed by atoms with Crippen LogP contribution in [-0.4, -0.2) is 78.5 Å². The van der Waals surface area contributed by atoms with Crippen LogP contribution in [0.1, 0.15) is 21.5 Å². The molecule has 3 aromatic rings. The van der Waals surface area contributed by atoms with Crippen LogP contribution in [0.15, 0.2) is 53.5 Å². The minimum atomic E-state index is -0.380. The Labute approximate surface area is 209 Å². The van der Waals surface area contributed by atoms with E-state index in [1.165, 1.54) is 6.20 Å². The van der Waals surface area contributed by atoms with E-state index in [0.29, 0.717) is 35.7 Å². The van der Waals surface area contributed by atoms with Gasteiger partial charge in [0.15, 0.2) is 0 Å². The Morgan fingerprint density at radius 1 is 1.11 bits per heavy atom. The van der Waals surface area contributed by atoms with E-state index in [9.17, 15) is 9.59 Å². The number of ether oxygens (including phenoxy) is 2. The lowest BCUT2D eigenvalue weighted by molar-refractivity contribution is 0.0342. The van der Waals surface area contributed by atoms with Crippen molar-refractivity contribution in [3.05, 3.63) is 80.6 Å². The van der Waals surface area contributed by atoms with Crippen molar-refractivity contribution >= 4 is 28.4 Å². The van der Waals surface area contributed by atoms with Crippen LogP contribution >= 0.6 is 11.6 Å². The van der Waals surface area contributed by atoms with E-state index in [2.05, 4.69) is 9.88 Å². The molecule has 0 bridgehead atoms. The molecule has 9 heteroatoms. The first-order valence-electron chi connectivity index (χ1n) is 11.7. The largest absolute Gasteiger partial charge is 0.394 e. The zero-order valence-corrected chi connectivity index (χ0v) is 20.3. The first kappa shape index (κ1) is 25.3. The minimum absolute atomic E-state index is 0.0807. The number of morpholine rings is 1. The van der Waals surface area contributed by atoms with Crippen molar-refractivity contribution in [3.8, 4) is 0 Å². The minimum Gasteiger partial charge on any atom is -0.394 e. The van der Waals surface area contributed by atoms with E-state index in [0.717, 1.165) is 30.8 Å². The summed E-state index contributed by atoms with van der Waals surface area (Å²) in [6.45, 7) is 4.75. The molecule has 1 aromatic heterocycles. The van der Waals surface area contributed by atoms with Crippen LogP contribution in [-0.2, 0) is 22.6 Å². The predicted octanol–water partition coefficient (Wildman–Crippen LogP) is 2.67. The zero-order chi connectivity index (χ0) is 24.6. The van der Waals surface area contributed by atoms with Gasteiger partial charge in [-0.05, 0) is 35.4 Å². The van der Waals surface area contributed by atoms with Crippen molar-refractivity contribution < 1.29 is 19.4 Å². The number of halogens is 1. The predicted molar refractivity (Wildman–Crippen MR) is 135 cm³/mol. The molecule has 4 rings (SSSR count). The van der Waals surface area contributed by atoms with Crippen molar-refractivity contribution in [2.24, 2.45) is 0 Å². The summed E-state index contributed by atoms with van der Waals surface area (Å²) in [5, 5.41) is 10.1. The van der Waals surface area contributed by atoms with Crippen LogP contribution in [0.2, 0.25) is 5.02 Å². The van der Waals surface area contributed by atoms with E-state index in [1.807, 2.05) is 30.3 Å². The fourth-order valence-corrected chi connectivity index (χ4v) is 4.24. The molecule has 0 unspecified atom stereocenters. The zero-order valence-electron chi connectivity index (χ0n) is 19.5. The molecule has 1 aliphatic heterocycles. The lowest BCUT2D eigenvalue weighted by Crippen LogP contribution is -2.36. The maximum atomic E-state index is 13.5. The Morgan fingerprint density at radius 3 is 2.60 bits per heavy atom. The molecule has 0 atom stereocenters. The van der Waals surface area contributed by atoms with Gasteiger partial charge < -0.3 is 24.5 Å². The summed E-state index contributed by atoms with van der Waals surface area (Å²) < 4.78 is 10.8. The fraction of sp³-hybridized carbons (Fsp3) is 0.385. The van der Waals surface area contributed by atoms with E-state index >= 15 is 0 Å². The Kier molecular flexibility index (Phi) is 8.90. The second-order valence-electron chi connectivity index (χ2n) is 8.49. The number of hydrogen-bond acceptors (Lipinski definition) is 6. The number of benzene rings is 2. The van der Waals surface area contributed by atoms with Crippen molar-refractivity contribution in [1.82, 2.24) is 14.8 Å².